The van der Waals surface area contributed by atoms with Gasteiger partial charge in [-0.25, -0.2) is 5.48 Å². The Bertz CT molecular complexity index is 1270. The summed E-state index contributed by atoms with van der Waals surface area (Å²) in [5.74, 6) is -0.0922. The summed E-state index contributed by atoms with van der Waals surface area (Å²) in [5, 5.41) is 10.2. The van der Waals surface area contributed by atoms with Crippen LogP contribution in [0.4, 0.5) is 0 Å². The summed E-state index contributed by atoms with van der Waals surface area (Å²) in [6.07, 6.45) is 0.810. The van der Waals surface area contributed by atoms with E-state index in [-0.39, 0.29) is 11.8 Å². The Morgan fingerprint density at radius 2 is 1.92 bits per heavy atom. The van der Waals surface area contributed by atoms with E-state index in [9.17, 15) is 14.8 Å². The summed E-state index contributed by atoms with van der Waals surface area (Å²) in [5.41, 5.74) is 11.8. The van der Waals surface area contributed by atoms with E-state index in [1.165, 1.54) is 4.90 Å². The Kier molecular flexibility index (Phi) is 7.28. The van der Waals surface area contributed by atoms with Gasteiger partial charge in [-0.1, -0.05) is 37.6 Å². The number of aromatic nitrogens is 1. The number of pyridine rings is 1. The molecule has 1 aliphatic heterocycles. The molecular weight excluding hydrogens is 456 g/mol. The van der Waals surface area contributed by atoms with Crippen molar-refractivity contribution in [2.24, 2.45) is 11.7 Å². The van der Waals surface area contributed by atoms with Gasteiger partial charge in [-0.05, 0) is 68.5 Å². The number of carbonyl (C=O) groups is 2. The molecule has 36 heavy (non-hydrogen) atoms. The fourth-order valence-electron chi connectivity index (χ4n) is 4.91. The first-order valence-corrected chi connectivity index (χ1v) is 12.3. The number of carbonyl (C=O) groups excluding carboxylic acids is 2. The van der Waals surface area contributed by atoms with Gasteiger partial charge in [0.15, 0.2) is 0 Å². The minimum absolute atomic E-state index is 0.162. The van der Waals surface area contributed by atoms with E-state index in [1.807, 2.05) is 51.1 Å². The molecule has 0 saturated carbocycles. The third-order valence-electron chi connectivity index (χ3n) is 6.81. The van der Waals surface area contributed by atoms with Crippen LogP contribution in [0.2, 0.25) is 0 Å². The Morgan fingerprint density at radius 3 is 2.58 bits per heavy atom. The number of nitrogens with one attached hydrogen (secondary N) is 1. The quantitative estimate of drug-likeness (QED) is 0.327. The summed E-state index contributed by atoms with van der Waals surface area (Å²) in [6, 6.07) is 14.7. The van der Waals surface area contributed by atoms with E-state index >= 15 is 0 Å². The van der Waals surface area contributed by atoms with Crippen molar-refractivity contribution in [1.29, 1.82) is 0 Å². The zero-order valence-corrected chi connectivity index (χ0v) is 21.2. The molecule has 1 fully saturated rings. The van der Waals surface area contributed by atoms with Gasteiger partial charge >= 0.3 is 0 Å². The van der Waals surface area contributed by atoms with Crippen LogP contribution in [0.25, 0.3) is 10.9 Å². The van der Waals surface area contributed by atoms with Gasteiger partial charge in [0.1, 0.15) is 23.9 Å². The molecule has 3 aromatic rings. The predicted molar refractivity (Wildman–Crippen MR) is 137 cm³/mol. The minimum Gasteiger partial charge on any atom is -0.489 e. The SMILES string of the molecule is Cc1ccc2nc(C)cc(COc3ccc(C4(N)CCN(C(CC(C)C)C(=O)NO)C4=O)cc3)c2c1. The van der Waals surface area contributed by atoms with E-state index in [4.69, 9.17) is 10.5 Å². The number of ether oxygens (including phenoxy) is 1. The smallest absolute Gasteiger partial charge is 0.266 e. The zero-order valence-electron chi connectivity index (χ0n) is 21.2. The number of likely N-dealkylation sites (tertiary alicyclic amines) is 1. The normalized spacial score (nSPS) is 18.6. The van der Waals surface area contributed by atoms with Gasteiger partial charge in [-0.15, -0.1) is 0 Å². The van der Waals surface area contributed by atoms with Gasteiger partial charge in [-0.2, -0.15) is 0 Å². The number of fused-ring (bicyclic) bond motifs is 1. The highest BCUT2D eigenvalue weighted by atomic mass is 16.5. The lowest BCUT2D eigenvalue weighted by Gasteiger charge is -2.30. The lowest BCUT2D eigenvalue weighted by molar-refractivity contribution is -0.144. The molecule has 0 spiro atoms. The minimum atomic E-state index is -1.24. The maximum Gasteiger partial charge on any atom is 0.266 e. The van der Waals surface area contributed by atoms with Crippen molar-refractivity contribution < 1.29 is 19.5 Å². The maximum atomic E-state index is 13.4. The average molecular weight is 491 g/mol. The number of hydrogen-bond donors (Lipinski definition) is 3. The highest BCUT2D eigenvalue weighted by Gasteiger charge is 2.48. The molecule has 2 amide bonds. The molecule has 2 atom stereocenters. The summed E-state index contributed by atoms with van der Waals surface area (Å²) < 4.78 is 6.08. The van der Waals surface area contributed by atoms with Gasteiger partial charge in [0.25, 0.3) is 5.91 Å². The van der Waals surface area contributed by atoms with Crippen molar-refractivity contribution in [3.05, 3.63) is 70.9 Å². The molecular formula is C28H34N4O4. The van der Waals surface area contributed by atoms with E-state index in [0.29, 0.717) is 37.3 Å². The van der Waals surface area contributed by atoms with Crippen molar-refractivity contribution in [2.75, 3.05) is 6.54 Å². The highest BCUT2D eigenvalue weighted by molar-refractivity contribution is 5.94. The second-order valence-electron chi connectivity index (χ2n) is 10.1. The van der Waals surface area contributed by atoms with Gasteiger partial charge in [0.2, 0.25) is 5.91 Å². The lowest BCUT2D eigenvalue weighted by Crippen LogP contribution is -2.52. The van der Waals surface area contributed by atoms with E-state index < -0.39 is 17.5 Å². The molecule has 4 rings (SSSR count). The average Bonchev–Trinajstić information content (AvgIpc) is 3.16. The van der Waals surface area contributed by atoms with Crippen molar-refractivity contribution in [3.8, 4) is 5.75 Å². The molecule has 0 bridgehead atoms. The summed E-state index contributed by atoms with van der Waals surface area (Å²) in [7, 11) is 0. The molecule has 2 heterocycles. The third-order valence-corrected chi connectivity index (χ3v) is 6.81. The maximum absolute atomic E-state index is 13.4. The fourth-order valence-corrected chi connectivity index (χ4v) is 4.91. The van der Waals surface area contributed by atoms with Crippen LogP contribution in [-0.2, 0) is 21.7 Å². The van der Waals surface area contributed by atoms with Crippen LogP contribution in [0.3, 0.4) is 0 Å². The molecule has 2 unspecified atom stereocenters. The number of hydrogen-bond acceptors (Lipinski definition) is 6. The van der Waals surface area contributed by atoms with Crippen LogP contribution in [0.1, 0.15) is 49.1 Å². The monoisotopic (exact) mass is 490 g/mol. The van der Waals surface area contributed by atoms with Gasteiger partial charge in [0, 0.05) is 23.2 Å². The van der Waals surface area contributed by atoms with Crippen molar-refractivity contribution >= 4 is 22.7 Å². The molecule has 0 radical (unpaired) electrons. The van der Waals surface area contributed by atoms with E-state index in [2.05, 4.69) is 18.0 Å². The molecule has 0 aliphatic carbocycles. The Balaban J connectivity index is 1.50. The number of nitrogens with zero attached hydrogens (tertiary/aromatic N) is 2. The van der Waals surface area contributed by atoms with Crippen LogP contribution in [-0.4, -0.2) is 39.5 Å². The number of benzene rings is 2. The van der Waals surface area contributed by atoms with Gasteiger partial charge in [-0.3, -0.25) is 19.8 Å². The Morgan fingerprint density at radius 1 is 1.19 bits per heavy atom. The van der Waals surface area contributed by atoms with Gasteiger partial charge in [0.05, 0.1) is 5.52 Å². The fraction of sp³-hybridized carbons (Fsp3) is 0.393. The molecule has 4 N–H and O–H groups in total. The van der Waals surface area contributed by atoms with Gasteiger partial charge < -0.3 is 15.4 Å². The molecule has 1 saturated heterocycles. The number of rotatable bonds is 8. The summed E-state index contributed by atoms with van der Waals surface area (Å²) >= 11 is 0. The molecule has 8 heteroatoms. The second kappa shape index (κ2) is 10.2. The number of amides is 2. The van der Waals surface area contributed by atoms with Crippen LogP contribution in [0, 0.1) is 19.8 Å². The second-order valence-corrected chi connectivity index (χ2v) is 10.1. The first kappa shape index (κ1) is 25.6. The highest BCUT2D eigenvalue weighted by Crippen LogP contribution is 2.34. The Hall–Kier alpha value is -3.49. The van der Waals surface area contributed by atoms with Crippen LogP contribution in [0.15, 0.2) is 48.5 Å². The van der Waals surface area contributed by atoms with E-state index in [0.717, 1.165) is 27.7 Å². The number of aryl methyl sites for hydroxylation is 2. The Labute approximate surface area is 211 Å². The molecule has 1 aliphatic rings. The van der Waals surface area contributed by atoms with Crippen molar-refractivity contribution in [2.45, 2.75) is 58.7 Å². The summed E-state index contributed by atoms with van der Waals surface area (Å²) in [6.45, 7) is 8.67. The summed E-state index contributed by atoms with van der Waals surface area (Å²) in [4.78, 5) is 31.7. The standard InChI is InChI=1S/C28H34N4O4/c1-17(2)13-25(26(33)31-35)32-12-11-28(29,27(32)34)21-6-8-22(9-7-21)36-16-20-15-19(4)30-24-10-5-18(3)14-23(20)24/h5-10,14-15,17,25,35H,11-13,16,29H2,1-4H3,(H,31,33). The van der Waals surface area contributed by atoms with Crippen LogP contribution < -0.4 is 16.0 Å². The van der Waals surface area contributed by atoms with E-state index in [1.54, 1.807) is 17.6 Å². The predicted octanol–water partition coefficient (Wildman–Crippen LogP) is 3.74. The van der Waals surface area contributed by atoms with Crippen molar-refractivity contribution in [3.63, 3.8) is 0 Å². The molecule has 2 aromatic carbocycles. The zero-order chi connectivity index (χ0) is 26.0. The molecule has 190 valence electrons. The largest absolute Gasteiger partial charge is 0.489 e. The lowest BCUT2D eigenvalue weighted by atomic mass is 9.89. The number of nitrogens with two attached hydrogens (primary N) is 1. The van der Waals surface area contributed by atoms with Crippen molar-refractivity contribution in [1.82, 2.24) is 15.4 Å². The first-order chi connectivity index (χ1) is 17.1. The first-order valence-electron chi connectivity index (χ1n) is 12.3. The topological polar surface area (TPSA) is 118 Å². The third kappa shape index (κ3) is 5.05. The van der Waals surface area contributed by atoms with Crippen LogP contribution >= 0.6 is 0 Å². The van der Waals surface area contributed by atoms with Crippen LogP contribution in [0.5, 0.6) is 5.75 Å². The number of hydroxylamine groups is 1. The molecule has 1 aromatic heterocycles. The molecule has 8 nitrogen and oxygen atoms in total.